The molecule has 0 aliphatic heterocycles. The van der Waals surface area contributed by atoms with Gasteiger partial charge in [-0.15, -0.1) is 5.53 Å². The molecule has 1 saturated carbocycles. The van der Waals surface area contributed by atoms with Crippen molar-refractivity contribution in [1.82, 2.24) is 21.2 Å². The van der Waals surface area contributed by atoms with E-state index >= 15 is 0 Å². The fraction of sp³-hybridized carbons (Fsp3) is 0.423. The van der Waals surface area contributed by atoms with Gasteiger partial charge in [-0.05, 0) is 62.4 Å². The van der Waals surface area contributed by atoms with Crippen molar-refractivity contribution >= 4 is 23.7 Å². The van der Waals surface area contributed by atoms with Crippen LogP contribution in [0.15, 0.2) is 48.5 Å². The number of anilines is 1. The number of hydrogen-bond donors (Lipinski definition) is 4. The molecule has 0 unspecified atom stereocenters. The first-order valence-electron chi connectivity index (χ1n) is 12.1. The lowest BCUT2D eigenvalue weighted by Gasteiger charge is -2.24. The highest BCUT2D eigenvalue weighted by molar-refractivity contribution is 5.93. The van der Waals surface area contributed by atoms with Crippen LogP contribution in [0.1, 0.15) is 43.7 Å². The minimum absolute atomic E-state index is 0.160. The van der Waals surface area contributed by atoms with Crippen LogP contribution >= 0.6 is 0 Å². The topological polar surface area (TPSA) is 121 Å². The second-order valence-electron chi connectivity index (χ2n) is 8.91. The minimum atomic E-state index is -0.735. The molecular formula is C26H35N5O5. The fourth-order valence-electron chi connectivity index (χ4n) is 3.83. The number of hydrogen-bond acceptors (Lipinski definition) is 7. The van der Waals surface area contributed by atoms with Gasteiger partial charge in [0.05, 0.1) is 24.8 Å². The van der Waals surface area contributed by atoms with Crippen LogP contribution in [-0.2, 0) is 16.1 Å². The first kappa shape index (κ1) is 26.8. The molecule has 2 aromatic carbocycles. The molecule has 0 spiro atoms. The number of methoxy groups -OCH3 is 1. The summed E-state index contributed by atoms with van der Waals surface area (Å²) in [6.07, 6.45) is 4.84. The summed E-state index contributed by atoms with van der Waals surface area (Å²) in [5, 5.41) is 2.72. The molecule has 1 aliphatic rings. The average Bonchev–Trinajstić information content (AvgIpc) is 3.40. The Kier molecular flexibility index (Phi) is 9.93. The summed E-state index contributed by atoms with van der Waals surface area (Å²) in [5.41, 5.74) is 10.6. The number of benzene rings is 2. The molecular weight excluding hydrogens is 462 g/mol. The summed E-state index contributed by atoms with van der Waals surface area (Å²) in [5.74, 6) is -0.430. The van der Waals surface area contributed by atoms with Crippen molar-refractivity contribution < 1.29 is 23.9 Å². The molecule has 2 aromatic rings. The van der Waals surface area contributed by atoms with Crippen molar-refractivity contribution in [2.45, 2.75) is 52.2 Å². The number of ether oxygens (including phenoxy) is 2. The highest BCUT2D eigenvalue weighted by Crippen LogP contribution is 2.24. The van der Waals surface area contributed by atoms with Crippen molar-refractivity contribution in [3.63, 3.8) is 0 Å². The average molecular weight is 498 g/mol. The molecule has 0 radical (unpaired) electrons. The third kappa shape index (κ3) is 8.16. The third-order valence-corrected chi connectivity index (χ3v) is 5.95. The number of carbonyl (C=O) groups is 3. The number of aryl methyl sites for hydroxylation is 1. The number of rotatable bonds is 10. The number of urea groups is 2. The van der Waals surface area contributed by atoms with E-state index in [-0.39, 0.29) is 19.2 Å². The summed E-state index contributed by atoms with van der Waals surface area (Å²) in [4.78, 5) is 38.4. The van der Waals surface area contributed by atoms with Crippen LogP contribution in [0.25, 0.3) is 0 Å². The maximum absolute atomic E-state index is 12.8. The SMILES string of the molecule is COC(=O)[C@@H](C)CN(C(=O)NCc1ccc(C)cc1)C(=O)NNNc1ccc(OC2CCCC2)cc1. The third-order valence-electron chi connectivity index (χ3n) is 5.95. The van der Waals surface area contributed by atoms with E-state index in [2.05, 4.69) is 21.7 Å². The van der Waals surface area contributed by atoms with Crippen molar-refractivity contribution in [3.05, 3.63) is 59.7 Å². The largest absolute Gasteiger partial charge is 0.490 e. The first-order valence-corrected chi connectivity index (χ1v) is 12.1. The number of carbonyl (C=O) groups excluding carboxylic acids is 3. The van der Waals surface area contributed by atoms with Crippen LogP contribution in [0.2, 0.25) is 0 Å². The van der Waals surface area contributed by atoms with Gasteiger partial charge in [0.25, 0.3) is 0 Å². The van der Waals surface area contributed by atoms with Gasteiger partial charge < -0.3 is 20.2 Å². The van der Waals surface area contributed by atoms with Gasteiger partial charge in [0.1, 0.15) is 5.75 Å². The monoisotopic (exact) mass is 497 g/mol. The van der Waals surface area contributed by atoms with Gasteiger partial charge in [0.15, 0.2) is 0 Å². The Morgan fingerprint density at radius 1 is 1.00 bits per heavy atom. The van der Waals surface area contributed by atoms with E-state index in [1.165, 1.54) is 20.0 Å². The second kappa shape index (κ2) is 13.3. The Labute approximate surface area is 211 Å². The van der Waals surface area contributed by atoms with E-state index in [1.807, 2.05) is 55.5 Å². The zero-order chi connectivity index (χ0) is 25.9. The normalized spacial score (nSPS) is 14.0. The molecule has 4 N–H and O–H groups in total. The number of esters is 1. The summed E-state index contributed by atoms with van der Waals surface area (Å²) >= 11 is 0. The van der Waals surface area contributed by atoms with E-state index in [9.17, 15) is 14.4 Å². The molecule has 36 heavy (non-hydrogen) atoms. The summed E-state index contributed by atoms with van der Waals surface area (Å²) < 4.78 is 10.7. The number of amides is 4. The van der Waals surface area contributed by atoms with Gasteiger partial charge in [-0.1, -0.05) is 36.8 Å². The Hall–Kier alpha value is -3.79. The van der Waals surface area contributed by atoms with E-state index in [4.69, 9.17) is 9.47 Å². The van der Waals surface area contributed by atoms with Crippen LogP contribution in [0.4, 0.5) is 15.3 Å². The fourth-order valence-corrected chi connectivity index (χ4v) is 3.83. The Balaban J connectivity index is 1.53. The van der Waals surface area contributed by atoms with E-state index in [0.29, 0.717) is 5.69 Å². The lowest BCUT2D eigenvalue weighted by Crippen LogP contribution is -2.54. The molecule has 0 heterocycles. The minimum Gasteiger partial charge on any atom is -0.490 e. The molecule has 10 nitrogen and oxygen atoms in total. The lowest BCUT2D eigenvalue weighted by molar-refractivity contribution is -0.144. The number of nitrogens with one attached hydrogen (secondary N) is 4. The molecule has 3 rings (SSSR count). The molecule has 1 fully saturated rings. The smallest absolute Gasteiger partial charge is 0.341 e. The van der Waals surface area contributed by atoms with Crippen LogP contribution in [0.3, 0.4) is 0 Å². The van der Waals surface area contributed by atoms with Crippen molar-refractivity contribution in [1.29, 1.82) is 0 Å². The van der Waals surface area contributed by atoms with Crippen molar-refractivity contribution in [2.24, 2.45) is 5.92 Å². The summed E-state index contributed by atoms with van der Waals surface area (Å²) in [6, 6.07) is 13.6. The van der Waals surface area contributed by atoms with Crippen molar-refractivity contribution in [3.8, 4) is 5.75 Å². The van der Waals surface area contributed by atoms with Crippen LogP contribution < -0.4 is 26.4 Å². The Bertz CT molecular complexity index is 1010. The van der Waals surface area contributed by atoms with Crippen LogP contribution in [-0.4, -0.2) is 42.7 Å². The maximum Gasteiger partial charge on any atom is 0.341 e. The number of nitrogens with zero attached hydrogens (tertiary/aromatic N) is 1. The second-order valence-corrected chi connectivity index (χ2v) is 8.91. The van der Waals surface area contributed by atoms with E-state index < -0.39 is 23.9 Å². The van der Waals surface area contributed by atoms with E-state index in [1.54, 1.807) is 6.92 Å². The predicted molar refractivity (Wildman–Crippen MR) is 136 cm³/mol. The molecule has 194 valence electrons. The first-order chi connectivity index (χ1) is 17.4. The zero-order valence-electron chi connectivity index (χ0n) is 21.0. The Morgan fingerprint density at radius 2 is 1.67 bits per heavy atom. The lowest BCUT2D eigenvalue weighted by atomic mass is 10.1. The van der Waals surface area contributed by atoms with Crippen molar-refractivity contribution in [2.75, 3.05) is 19.1 Å². The molecule has 1 aliphatic carbocycles. The quantitative estimate of drug-likeness (QED) is 0.290. The number of hydrazine groups is 2. The van der Waals surface area contributed by atoms with Gasteiger partial charge in [-0.3, -0.25) is 10.2 Å². The van der Waals surface area contributed by atoms with E-state index in [0.717, 1.165) is 34.6 Å². The van der Waals surface area contributed by atoms with Crippen LogP contribution in [0, 0.1) is 12.8 Å². The molecule has 0 bridgehead atoms. The molecule has 0 saturated heterocycles. The highest BCUT2D eigenvalue weighted by atomic mass is 16.5. The maximum atomic E-state index is 12.8. The van der Waals surface area contributed by atoms with Gasteiger partial charge in [0, 0.05) is 13.1 Å². The van der Waals surface area contributed by atoms with Gasteiger partial charge >= 0.3 is 18.0 Å². The van der Waals surface area contributed by atoms with Crippen LogP contribution in [0.5, 0.6) is 5.75 Å². The Morgan fingerprint density at radius 3 is 2.31 bits per heavy atom. The van der Waals surface area contributed by atoms with Gasteiger partial charge in [-0.2, -0.15) is 0 Å². The summed E-state index contributed by atoms with van der Waals surface area (Å²) in [7, 11) is 1.26. The predicted octanol–water partition coefficient (Wildman–Crippen LogP) is 3.88. The van der Waals surface area contributed by atoms with Gasteiger partial charge in [-0.25, -0.2) is 14.5 Å². The molecule has 0 aromatic heterocycles. The standard InChI is InChI=1S/C26H35N5O5/c1-18-8-10-20(11-9-18)16-27-25(33)31(17-19(2)24(32)35-3)26(34)29-30-28-21-12-14-23(15-13-21)36-22-6-4-5-7-22/h8-15,19,22,28,30H,4-7,16-17H2,1-3H3,(H,27,33)(H,29,34)/t19-/m0/s1. The highest BCUT2D eigenvalue weighted by Gasteiger charge is 2.27. The molecule has 1 atom stereocenters. The molecule has 4 amide bonds. The zero-order valence-corrected chi connectivity index (χ0v) is 21.0. The summed E-state index contributed by atoms with van der Waals surface area (Å²) in [6.45, 7) is 3.63. The van der Waals surface area contributed by atoms with Gasteiger partial charge in [0.2, 0.25) is 0 Å². The molecule has 10 heteroatoms. The number of imide groups is 1.